The quantitative estimate of drug-likeness (QED) is 0.664. The molecule has 0 aliphatic rings. The molecule has 0 aromatic rings. The molecule has 0 heterocycles. The van der Waals surface area contributed by atoms with Crippen LogP contribution in [-0.2, 0) is 18.8 Å². The van der Waals surface area contributed by atoms with Crippen molar-refractivity contribution in [3.05, 3.63) is 0 Å². The fourth-order valence-electron chi connectivity index (χ4n) is 0.0680. The average Bonchev–Trinajstić information content (AvgIpc) is 2.05. The van der Waals surface area contributed by atoms with Crippen molar-refractivity contribution in [1.29, 1.82) is 0 Å². The van der Waals surface area contributed by atoms with Gasteiger partial charge in [-0.15, -0.1) is 0 Å². The van der Waals surface area contributed by atoms with Crippen LogP contribution in [0.3, 0.4) is 0 Å². The first-order valence-corrected chi connectivity index (χ1v) is 4.73. The molecule has 0 aromatic heterocycles. The molecule has 0 saturated carbocycles. The van der Waals surface area contributed by atoms with E-state index in [0.29, 0.717) is 0 Å². The predicted molar refractivity (Wildman–Crippen MR) is 43.5 cm³/mol. The van der Waals surface area contributed by atoms with Gasteiger partial charge in [0.15, 0.2) is 0 Å². The van der Waals surface area contributed by atoms with Gasteiger partial charge in [0, 0.05) is 0 Å². The highest BCUT2D eigenvalue weighted by Gasteiger charge is 2.01. The zero-order valence-corrected chi connectivity index (χ0v) is 8.27. The molecule has 0 amide bonds. The highest BCUT2D eigenvalue weighted by Crippen LogP contribution is 1.85. The molecule has 5 heteroatoms. The Labute approximate surface area is 68.8 Å². The van der Waals surface area contributed by atoms with Crippen molar-refractivity contribution >= 4 is 10.4 Å². The third-order valence-corrected chi connectivity index (χ3v) is 1.72. The number of unbranched alkanes of at least 4 members (excludes halogenated alkanes) is 1. The van der Waals surface area contributed by atoms with E-state index in [0.717, 1.165) is 14.2 Å². The van der Waals surface area contributed by atoms with Crippen LogP contribution in [0.1, 0.15) is 26.7 Å². The van der Waals surface area contributed by atoms with Gasteiger partial charge in [0.1, 0.15) is 0 Å². The monoisotopic (exact) mass is 184 g/mol. The second-order valence-electron chi connectivity index (χ2n) is 1.74. The first kappa shape index (κ1) is 13.5. The molecule has 0 N–H and O–H groups in total. The second-order valence-corrected chi connectivity index (χ2v) is 3.22. The van der Waals surface area contributed by atoms with Crippen molar-refractivity contribution < 1.29 is 16.8 Å². The van der Waals surface area contributed by atoms with E-state index in [4.69, 9.17) is 0 Å². The number of hydrogen-bond acceptors (Lipinski definition) is 4. The summed E-state index contributed by atoms with van der Waals surface area (Å²) in [5.74, 6) is 0. The lowest BCUT2D eigenvalue weighted by molar-refractivity contribution is 0.286. The standard InChI is InChI=1S/C4H10.C2H6O4S/c1-3-4-2;1-5-7(3,4)6-2/h3-4H2,1-2H3;1-2H3. The molecule has 0 bridgehead atoms. The minimum absolute atomic E-state index is 1.03. The Bertz CT molecular complexity index is 138. The summed E-state index contributed by atoms with van der Waals surface area (Å²) in [5, 5.41) is 0. The van der Waals surface area contributed by atoms with Crippen molar-refractivity contribution in [3.8, 4) is 0 Å². The zero-order chi connectivity index (χ0) is 9.33. The fourth-order valence-corrected chi connectivity index (χ4v) is 0.204. The summed E-state index contributed by atoms with van der Waals surface area (Å²) < 4.78 is 27.5. The maximum Gasteiger partial charge on any atom is 0.399 e. The van der Waals surface area contributed by atoms with Gasteiger partial charge in [-0.3, -0.25) is 8.37 Å². The first-order valence-electron chi connectivity index (χ1n) is 3.40. The summed E-state index contributed by atoms with van der Waals surface area (Å²) in [6.45, 7) is 4.36. The number of rotatable bonds is 3. The topological polar surface area (TPSA) is 52.6 Å². The van der Waals surface area contributed by atoms with E-state index < -0.39 is 10.4 Å². The molecule has 0 spiro atoms. The largest absolute Gasteiger partial charge is 0.399 e. The fraction of sp³-hybridized carbons (Fsp3) is 1.00. The van der Waals surface area contributed by atoms with E-state index in [1.165, 1.54) is 12.8 Å². The SMILES string of the molecule is CCCC.COS(=O)(=O)OC. The van der Waals surface area contributed by atoms with Crippen LogP contribution in [0.2, 0.25) is 0 Å². The molecule has 0 atom stereocenters. The minimum atomic E-state index is -3.66. The van der Waals surface area contributed by atoms with Crippen LogP contribution >= 0.6 is 0 Å². The Morgan fingerprint density at radius 1 is 1.00 bits per heavy atom. The van der Waals surface area contributed by atoms with Gasteiger partial charge in [0.2, 0.25) is 0 Å². The van der Waals surface area contributed by atoms with E-state index in [9.17, 15) is 8.42 Å². The zero-order valence-electron chi connectivity index (χ0n) is 7.46. The minimum Gasteiger partial charge on any atom is -0.252 e. The maximum absolute atomic E-state index is 9.92. The van der Waals surface area contributed by atoms with E-state index in [-0.39, 0.29) is 0 Å². The second kappa shape index (κ2) is 7.97. The van der Waals surface area contributed by atoms with E-state index in [1.54, 1.807) is 0 Å². The molecular formula is C6H16O4S. The Balaban J connectivity index is 0. The van der Waals surface area contributed by atoms with Gasteiger partial charge in [0.05, 0.1) is 14.2 Å². The Kier molecular flexibility index (Phi) is 9.75. The van der Waals surface area contributed by atoms with Crippen molar-refractivity contribution in [3.63, 3.8) is 0 Å². The smallest absolute Gasteiger partial charge is 0.252 e. The lowest BCUT2D eigenvalue weighted by Crippen LogP contribution is -2.02. The lowest BCUT2D eigenvalue weighted by atomic mass is 10.4. The van der Waals surface area contributed by atoms with Crippen molar-refractivity contribution in [1.82, 2.24) is 0 Å². The highest BCUT2D eigenvalue weighted by atomic mass is 32.3. The van der Waals surface area contributed by atoms with Gasteiger partial charge in [-0.2, -0.15) is 8.42 Å². The Hall–Kier alpha value is -0.130. The summed E-state index contributed by atoms with van der Waals surface area (Å²) in [6.07, 6.45) is 2.64. The molecule has 0 aliphatic carbocycles. The summed E-state index contributed by atoms with van der Waals surface area (Å²) >= 11 is 0. The van der Waals surface area contributed by atoms with Crippen molar-refractivity contribution in [2.75, 3.05) is 14.2 Å². The van der Waals surface area contributed by atoms with Crippen LogP contribution in [0.15, 0.2) is 0 Å². The van der Waals surface area contributed by atoms with Crippen molar-refractivity contribution in [2.24, 2.45) is 0 Å². The normalized spacial score (nSPS) is 10.2. The number of hydrogen-bond donors (Lipinski definition) is 0. The van der Waals surface area contributed by atoms with Gasteiger partial charge in [-0.05, 0) is 0 Å². The van der Waals surface area contributed by atoms with Crippen LogP contribution in [0, 0.1) is 0 Å². The van der Waals surface area contributed by atoms with Crippen LogP contribution in [0.5, 0.6) is 0 Å². The van der Waals surface area contributed by atoms with E-state index in [1.807, 2.05) is 0 Å². The third kappa shape index (κ3) is 13.0. The molecule has 0 unspecified atom stereocenters. The Morgan fingerprint density at radius 3 is 1.27 bits per heavy atom. The Morgan fingerprint density at radius 2 is 1.27 bits per heavy atom. The molecule has 0 fully saturated rings. The molecule has 11 heavy (non-hydrogen) atoms. The molecule has 0 aromatic carbocycles. The van der Waals surface area contributed by atoms with Crippen LogP contribution in [0.4, 0.5) is 0 Å². The van der Waals surface area contributed by atoms with Gasteiger partial charge < -0.3 is 0 Å². The van der Waals surface area contributed by atoms with Crippen LogP contribution < -0.4 is 0 Å². The lowest BCUT2D eigenvalue weighted by Gasteiger charge is -1.91. The van der Waals surface area contributed by atoms with Gasteiger partial charge in [-0.25, -0.2) is 0 Å². The summed E-state index contributed by atoms with van der Waals surface area (Å²) in [7, 11) is -1.60. The van der Waals surface area contributed by atoms with E-state index in [2.05, 4.69) is 22.2 Å². The summed E-state index contributed by atoms with van der Waals surface area (Å²) in [4.78, 5) is 0. The van der Waals surface area contributed by atoms with Crippen LogP contribution in [-0.4, -0.2) is 22.6 Å². The predicted octanol–water partition coefficient (Wildman–Crippen LogP) is 1.33. The van der Waals surface area contributed by atoms with Gasteiger partial charge in [-0.1, -0.05) is 26.7 Å². The molecule has 0 aliphatic heterocycles. The average molecular weight is 184 g/mol. The molecule has 0 rings (SSSR count). The summed E-state index contributed by atoms with van der Waals surface area (Å²) in [5.41, 5.74) is 0. The molecule has 4 nitrogen and oxygen atoms in total. The molecular weight excluding hydrogens is 168 g/mol. The molecule has 0 radical (unpaired) electrons. The van der Waals surface area contributed by atoms with Crippen molar-refractivity contribution in [2.45, 2.75) is 26.7 Å². The van der Waals surface area contributed by atoms with Crippen LogP contribution in [0.25, 0.3) is 0 Å². The first-order chi connectivity index (χ1) is 5.04. The van der Waals surface area contributed by atoms with E-state index >= 15 is 0 Å². The molecule has 0 saturated heterocycles. The summed E-state index contributed by atoms with van der Waals surface area (Å²) in [6, 6.07) is 0. The third-order valence-electron chi connectivity index (χ3n) is 0.908. The maximum atomic E-state index is 9.92. The van der Waals surface area contributed by atoms with Gasteiger partial charge in [0.25, 0.3) is 0 Å². The highest BCUT2D eigenvalue weighted by molar-refractivity contribution is 7.81. The molecule has 70 valence electrons. The van der Waals surface area contributed by atoms with Gasteiger partial charge >= 0.3 is 10.4 Å².